The molecule has 0 aliphatic carbocycles. The number of aliphatic hydroxyl groups is 2. The molecule has 0 saturated heterocycles. The normalized spacial score (nSPS) is 12.1. The Bertz CT molecular complexity index is 217. The van der Waals surface area contributed by atoms with E-state index in [1.165, 1.54) is 0 Å². The monoisotopic (exact) mass is 260 g/mol. The van der Waals surface area contributed by atoms with Gasteiger partial charge >= 0.3 is 5.97 Å². The van der Waals surface area contributed by atoms with Crippen molar-refractivity contribution in [1.82, 2.24) is 0 Å². The molecule has 0 spiro atoms. The maximum Gasteiger partial charge on any atom is 0.305 e. The molecule has 106 valence electrons. The minimum Gasteiger partial charge on any atom is -0.463 e. The molecule has 0 radical (unpaired) electrons. The number of unbranched alkanes of at least 4 members (excludes halogenated alkanes) is 6. The van der Waals surface area contributed by atoms with E-state index in [1.54, 1.807) is 0 Å². The Morgan fingerprint density at radius 3 is 2.33 bits per heavy atom. The smallest absolute Gasteiger partial charge is 0.305 e. The van der Waals surface area contributed by atoms with Crippen molar-refractivity contribution < 1.29 is 24.5 Å². The van der Waals surface area contributed by atoms with Crippen LogP contribution in [-0.4, -0.2) is 41.8 Å². The summed E-state index contributed by atoms with van der Waals surface area (Å²) in [6.45, 7) is -0.533. The van der Waals surface area contributed by atoms with Gasteiger partial charge in [-0.05, 0) is 12.8 Å². The SMILES string of the molecule is O=CCCCCCCCCC(=O)OCC(O)CO. The molecular weight excluding hydrogens is 236 g/mol. The number of carbonyl (C=O) groups excluding carboxylic acids is 2. The quantitative estimate of drug-likeness (QED) is 0.313. The molecule has 0 aromatic heterocycles. The summed E-state index contributed by atoms with van der Waals surface area (Å²) < 4.78 is 4.77. The Labute approximate surface area is 108 Å². The van der Waals surface area contributed by atoms with E-state index in [2.05, 4.69) is 0 Å². The van der Waals surface area contributed by atoms with E-state index < -0.39 is 12.7 Å². The third kappa shape index (κ3) is 11.5. The second kappa shape index (κ2) is 12.5. The molecule has 0 fully saturated rings. The van der Waals surface area contributed by atoms with Crippen LogP contribution in [0.1, 0.15) is 51.4 Å². The van der Waals surface area contributed by atoms with Gasteiger partial charge in [-0.2, -0.15) is 0 Å². The summed E-state index contributed by atoms with van der Waals surface area (Å²) in [6.07, 6.45) is 6.86. The van der Waals surface area contributed by atoms with Crippen molar-refractivity contribution in [1.29, 1.82) is 0 Å². The van der Waals surface area contributed by atoms with Crippen molar-refractivity contribution in [3.8, 4) is 0 Å². The first-order chi connectivity index (χ1) is 8.70. The average Bonchev–Trinajstić information content (AvgIpc) is 2.39. The fraction of sp³-hybridized carbons (Fsp3) is 0.846. The second-order valence-corrected chi connectivity index (χ2v) is 4.35. The van der Waals surface area contributed by atoms with E-state index in [4.69, 9.17) is 14.9 Å². The van der Waals surface area contributed by atoms with Gasteiger partial charge < -0.3 is 19.7 Å². The lowest BCUT2D eigenvalue weighted by Gasteiger charge is -2.08. The van der Waals surface area contributed by atoms with Crippen LogP contribution in [-0.2, 0) is 14.3 Å². The van der Waals surface area contributed by atoms with Crippen molar-refractivity contribution in [3.63, 3.8) is 0 Å². The Kier molecular flexibility index (Phi) is 11.9. The maximum atomic E-state index is 11.2. The van der Waals surface area contributed by atoms with Gasteiger partial charge in [0.1, 0.15) is 19.0 Å². The molecule has 1 unspecified atom stereocenters. The molecular formula is C13H24O5. The lowest BCUT2D eigenvalue weighted by atomic mass is 10.1. The highest BCUT2D eigenvalue weighted by atomic mass is 16.5. The number of aliphatic hydroxyl groups excluding tert-OH is 2. The Balaban J connectivity index is 3.22. The summed E-state index contributed by atoms with van der Waals surface area (Å²) in [5, 5.41) is 17.5. The van der Waals surface area contributed by atoms with E-state index in [9.17, 15) is 9.59 Å². The molecule has 0 aliphatic rings. The van der Waals surface area contributed by atoms with E-state index in [1.807, 2.05) is 0 Å². The summed E-state index contributed by atoms with van der Waals surface area (Å²) in [6, 6.07) is 0. The summed E-state index contributed by atoms with van der Waals surface area (Å²) in [4.78, 5) is 21.2. The number of esters is 1. The minimum absolute atomic E-state index is 0.138. The van der Waals surface area contributed by atoms with Crippen LogP contribution in [0.2, 0.25) is 0 Å². The summed E-state index contributed by atoms with van der Waals surface area (Å²) in [7, 11) is 0. The third-order valence-electron chi connectivity index (χ3n) is 2.60. The Morgan fingerprint density at radius 2 is 1.72 bits per heavy atom. The summed E-state index contributed by atoms with van der Waals surface area (Å²) >= 11 is 0. The van der Waals surface area contributed by atoms with Gasteiger partial charge in [0.2, 0.25) is 0 Å². The average molecular weight is 260 g/mol. The van der Waals surface area contributed by atoms with Crippen LogP contribution in [0.15, 0.2) is 0 Å². The van der Waals surface area contributed by atoms with Gasteiger partial charge in [0.25, 0.3) is 0 Å². The number of carbonyl (C=O) groups is 2. The molecule has 0 saturated carbocycles. The maximum absolute atomic E-state index is 11.2. The van der Waals surface area contributed by atoms with E-state index in [-0.39, 0.29) is 12.6 Å². The van der Waals surface area contributed by atoms with Crippen molar-refractivity contribution in [2.75, 3.05) is 13.2 Å². The zero-order valence-electron chi connectivity index (χ0n) is 10.8. The predicted octanol–water partition coefficient (Wildman–Crippen LogP) is 1.20. The second-order valence-electron chi connectivity index (χ2n) is 4.35. The first-order valence-electron chi connectivity index (χ1n) is 6.59. The van der Waals surface area contributed by atoms with E-state index in [0.717, 1.165) is 44.8 Å². The zero-order chi connectivity index (χ0) is 13.6. The molecule has 0 amide bonds. The molecule has 0 aromatic rings. The molecule has 0 rings (SSSR count). The number of rotatable bonds is 12. The lowest BCUT2D eigenvalue weighted by molar-refractivity contribution is -0.147. The van der Waals surface area contributed by atoms with Crippen molar-refractivity contribution >= 4 is 12.3 Å². The lowest BCUT2D eigenvalue weighted by Crippen LogP contribution is -2.21. The highest BCUT2D eigenvalue weighted by Crippen LogP contribution is 2.08. The van der Waals surface area contributed by atoms with Gasteiger partial charge in [0.15, 0.2) is 0 Å². The van der Waals surface area contributed by atoms with Crippen molar-refractivity contribution in [2.45, 2.75) is 57.5 Å². The zero-order valence-corrected chi connectivity index (χ0v) is 10.8. The molecule has 5 heteroatoms. The third-order valence-corrected chi connectivity index (χ3v) is 2.60. The predicted molar refractivity (Wildman–Crippen MR) is 67.1 cm³/mol. The van der Waals surface area contributed by atoms with Gasteiger partial charge in [-0.25, -0.2) is 0 Å². The van der Waals surface area contributed by atoms with E-state index in [0.29, 0.717) is 12.8 Å². The molecule has 5 nitrogen and oxygen atoms in total. The topological polar surface area (TPSA) is 83.8 Å². The first kappa shape index (κ1) is 17.1. The first-order valence-corrected chi connectivity index (χ1v) is 6.59. The molecule has 0 aromatic carbocycles. The molecule has 1 atom stereocenters. The van der Waals surface area contributed by atoms with Crippen molar-refractivity contribution in [3.05, 3.63) is 0 Å². The van der Waals surface area contributed by atoms with Crippen LogP contribution < -0.4 is 0 Å². The molecule has 0 heterocycles. The van der Waals surface area contributed by atoms with Crippen LogP contribution in [0.25, 0.3) is 0 Å². The minimum atomic E-state index is -0.980. The molecule has 0 aliphatic heterocycles. The Hall–Kier alpha value is -0.940. The number of hydrogen-bond donors (Lipinski definition) is 2. The summed E-state index contributed by atoms with van der Waals surface area (Å²) in [5.41, 5.74) is 0. The van der Waals surface area contributed by atoms with Gasteiger partial charge in [-0.15, -0.1) is 0 Å². The number of hydrogen-bond acceptors (Lipinski definition) is 5. The van der Waals surface area contributed by atoms with Crippen LogP contribution in [0.3, 0.4) is 0 Å². The fourth-order valence-electron chi connectivity index (χ4n) is 1.52. The van der Waals surface area contributed by atoms with Gasteiger partial charge in [-0.1, -0.05) is 25.7 Å². The van der Waals surface area contributed by atoms with Crippen LogP contribution >= 0.6 is 0 Å². The highest BCUT2D eigenvalue weighted by molar-refractivity contribution is 5.69. The Morgan fingerprint density at radius 1 is 1.11 bits per heavy atom. The van der Waals surface area contributed by atoms with Crippen LogP contribution in [0.4, 0.5) is 0 Å². The van der Waals surface area contributed by atoms with Crippen LogP contribution in [0.5, 0.6) is 0 Å². The van der Waals surface area contributed by atoms with Gasteiger partial charge in [0, 0.05) is 12.8 Å². The fourth-order valence-corrected chi connectivity index (χ4v) is 1.52. The molecule has 0 bridgehead atoms. The molecule has 2 N–H and O–H groups in total. The van der Waals surface area contributed by atoms with Gasteiger partial charge in [-0.3, -0.25) is 4.79 Å². The molecule has 18 heavy (non-hydrogen) atoms. The van der Waals surface area contributed by atoms with Crippen molar-refractivity contribution in [2.24, 2.45) is 0 Å². The van der Waals surface area contributed by atoms with Crippen LogP contribution in [0, 0.1) is 0 Å². The van der Waals surface area contributed by atoms with E-state index >= 15 is 0 Å². The standard InChI is InChI=1S/C13H24O5/c14-9-7-5-3-1-2-4-6-8-13(17)18-11-12(16)10-15/h9,12,15-16H,1-8,10-11H2. The largest absolute Gasteiger partial charge is 0.463 e. The summed E-state index contributed by atoms with van der Waals surface area (Å²) in [5.74, 6) is -0.330. The number of aldehydes is 1. The van der Waals surface area contributed by atoms with Gasteiger partial charge in [0.05, 0.1) is 6.61 Å². The number of ether oxygens (including phenoxy) is 1. The highest BCUT2D eigenvalue weighted by Gasteiger charge is 2.07.